The van der Waals surface area contributed by atoms with Gasteiger partial charge in [-0.05, 0) is 37.0 Å². The Morgan fingerprint density at radius 3 is 2.70 bits per heavy atom. The van der Waals surface area contributed by atoms with Crippen LogP contribution in [0, 0.1) is 5.92 Å². The first kappa shape index (κ1) is 16.6. The molecule has 1 aliphatic carbocycles. The van der Waals surface area contributed by atoms with E-state index in [-0.39, 0.29) is 5.41 Å². The standard InChI is InChI=1S/C18H26ClN3O/c1-20-17(22(2)11-14-7-10-23-12-14)21-13-18(8-9-18)15-3-5-16(19)6-4-15/h3-6,14H,7-13H2,1-2H3,(H,20,21). The number of benzene rings is 1. The average Bonchev–Trinajstić information content (AvgIpc) is 3.16. The summed E-state index contributed by atoms with van der Waals surface area (Å²) in [5.41, 5.74) is 1.62. The summed E-state index contributed by atoms with van der Waals surface area (Å²) < 4.78 is 5.47. The van der Waals surface area contributed by atoms with Gasteiger partial charge in [0.05, 0.1) is 6.61 Å². The SMILES string of the molecule is CN=C(NCC1(c2ccc(Cl)cc2)CC1)N(C)CC1CCOC1. The van der Waals surface area contributed by atoms with Gasteiger partial charge >= 0.3 is 0 Å². The van der Waals surface area contributed by atoms with Crippen molar-refractivity contribution in [3.05, 3.63) is 34.9 Å². The highest BCUT2D eigenvalue weighted by atomic mass is 35.5. The molecule has 1 heterocycles. The second-order valence-corrected chi connectivity index (χ2v) is 7.23. The molecule has 2 fully saturated rings. The lowest BCUT2D eigenvalue weighted by atomic mass is 9.96. The third kappa shape index (κ3) is 3.99. The van der Waals surface area contributed by atoms with E-state index in [0.29, 0.717) is 5.92 Å². The monoisotopic (exact) mass is 335 g/mol. The highest BCUT2D eigenvalue weighted by Gasteiger charge is 2.44. The fourth-order valence-corrected chi connectivity index (χ4v) is 3.48. The molecule has 2 aliphatic rings. The average molecular weight is 336 g/mol. The quantitative estimate of drug-likeness (QED) is 0.664. The van der Waals surface area contributed by atoms with Crippen LogP contribution < -0.4 is 5.32 Å². The second-order valence-electron chi connectivity index (χ2n) is 6.80. The maximum absolute atomic E-state index is 6.00. The van der Waals surface area contributed by atoms with Crippen LogP contribution in [0.15, 0.2) is 29.3 Å². The summed E-state index contributed by atoms with van der Waals surface area (Å²) in [7, 11) is 3.96. The first-order chi connectivity index (χ1) is 11.1. The number of hydrogen-bond acceptors (Lipinski definition) is 2. The molecule has 0 aromatic heterocycles. The normalized spacial score (nSPS) is 22.9. The van der Waals surface area contributed by atoms with E-state index in [1.54, 1.807) is 0 Å². The van der Waals surface area contributed by atoms with Crippen molar-refractivity contribution in [3.8, 4) is 0 Å². The largest absolute Gasteiger partial charge is 0.381 e. The minimum Gasteiger partial charge on any atom is -0.381 e. The Morgan fingerprint density at radius 1 is 1.39 bits per heavy atom. The van der Waals surface area contributed by atoms with Gasteiger partial charge in [0, 0.05) is 50.1 Å². The van der Waals surface area contributed by atoms with E-state index in [4.69, 9.17) is 16.3 Å². The van der Waals surface area contributed by atoms with Crippen molar-refractivity contribution in [1.82, 2.24) is 10.2 Å². The van der Waals surface area contributed by atoms with Crippen LogP contribution in [-0.2, 0) is 10.2 Å². The molecular formula is C18H26ClN3O. The summed E-state index contributed by atoms with van der Waals surface area (Å²) in [5.74, 6) is 1.59. The molecule has 0 radical (unpaired) electrons. The van der Waals surface area contributed by atoms with Crippen molar-refractivity contribution in [2.45, 2.75) is 24.7 Å². The van der Waals surface area contributed by atoms with Crippen molar-refractivity contribution in [2.24, 2.45) is 10.9 Å². The highest BCUT2D eigenvalue weighted by Crippen LogP contribution is 2.47. The molecule has 1 aromatic rings. The van der Waals surface area contributed by atoms with Gasteiger partial charge in [-0.15, -0.1) is 0 Å². The zero-order valence-corrected chi connectivity index (χ0v) is 14.8. The Bertz CT molecular complexity index is 548. The van der Waals surface area contributed by atoms with Crippen LogP contribution in [0.5, 0.6) is 0 Å². The zero-order chi connectivity index (χ0) is 16.3. The molecule has 0 spiro atoms. The van der Waals surface area contributed by atoms with Gasteiger partial charge in [0.1, 0.15) is 0 Å². The van der Waals surface area contributed by atoms with E-state index >= 15 is 0 Å². The van der Waals surface area contributed by atoms with E-state index in [1.807, 2.05) is 19.2 Å². The third-order valence-corrected chi connectivity index (χ3v) is 5.28. The molecule has 23 heavy (non-hydrogen) atoms. The van der Waals surface area contributed by atoms with Crippen LogP contribution in [0.2, 0.25) is 5.02 Å². The third-order valence-electron chi connectivity index (χ3n) is 5.02. The van der Waals surface area contributed by atoms with Gasteiger partial charge in [-0.25, -0.2) is 0 Å². The van der Waals surface area contributed by atoms with Crippen molar-refractivity contribution in [1.29, 1.82) is 0 Å². The van der Waals surface area contributed by atoms with Gasteiger partial charge in [0.2, 0.25) is 0 Å². The number of aliphatic imine (C=N–C) groups is 1. The summed E-state index contributed by atoms with van der Waals surface area (Å²) >= 11 is 6.00. The fourth-order valence-electron chi connectivity index (χ4n) is 3.36. The maximum Gasteiger partial charge on any atom is 0.193 e. The number of guanidine groups is 1. The minimum absolute atomic E-state index is 0.248. The first-order valence-electron chi connectivity index (χ1n) is 8.38. The van der Waals surface area contributed by atoms with Crippen LogP contribution in [0.1, 0.15) is 24.8 Å². The van der Waals surface area contributed by atoms with E-state index in [9.17, 15) is 0 Å². The fraction of sp³-hybridized carbons (Fsp3) is 0.611. The Labute approximate surface area is 143 Å². The summed E-state index contributed by atoms with van der Waals surface area (Å²) in [6.07, 6.45) is 3.59. The molecule has 1 aliphatic heterocycles. The van der Waals surface area contributed by atoms with Gasteiger partial charge in [-0.3, -0.25) is 4.99 Å². The van der Waals surface area contributed by atoms with E-state index in [2.05, 4.69) is 34.4 Å². The van der Waals surface area contributed by atoms with Crippen LogP contribution in [0.3, 0.4) is 0 Å². The number of nitrogens with zero attached hydrogens (tertiary/aromatic N) is 2. The van der Waals surface area contributed by atoms with Gasteiger partial charge in [-0.2, -0.15) is 0 Å². The summed E-state index contributed by atoms with van der Waals surface area (Å²) in [6.45, 7) is 3.68. The number of hydrogen-bond donors (Lipinski definition) is 1. The number of halogens is 1. The number of ether oxygens (including phenoxy) is 1. The Hall–Kier alpha value is -1.26. The van der Waals surface area contributed by atoms with Crippen LogP contribution in [0.4, 0.5) is 0 Å². The molecule has 0 bridgehead atoms. The van der Waals surface area contributed by atoms with Crippen LogP contribution in [0.25, 0.3) is 0 Å². The molecule has 0 amide bonds. The molecule has 4 nitrogen and oxygen atoms in total. The maximum atomic E-state index is 6.00. The van der Waals surface area contributed by atoms with Crippen molar-refractivity contribution >= 4 is 17.6 Å². The van der Waals surface area contributed by atoms with E-state index in [1.165, 1.54) is 18.4 Å². The van der Waals surface area contributed by atoms with Crippen molar-refractivity contribution < 1.29 is 4.74 Å². The Kier molecular flexibility index (Phi) is 5.12. The van der Waals surface area contributed by atoms with E-state index < -0.39 is 0 Å². The molecule has 1 N–H and O–H groups in total. The lowest BCUT2D eigenvalue weighted by molar-refractivity contribution is 0.181. The molecule has 3 rings (SSSR count). The lowest BCUT2D eigenvalue weighted by Gasteiger charge is -2.26. The molecule has 1 saturated heterocycles. The van der Waals surface area contributed by atoms with Gasteiger partial charge in [-0.1, -0.05) is 23.7 Å². The Balaban J connectivity index is 1.56. The van der Waals surface area contributed by atoms with Crippen LogP contribution in [-0.4, -0.2) is 51.3 Å². The number of rotatable bonds is 5. The predicted octanol–water partition coefficient (Wildman–Crippen LogP) is 2.92. The second kappa shape index (κ2) is 7.10. The smallest absolute Gasteiger partial charge is 0.193 e. The number of nitrogens with one attached hydrogen (secondary N) is 1. The molecule has 1 unspecified atom stereocenters. The van der Waals surface area contributed by atoms with Gasteiger partial charge in [0.15, 0.2) is 5.96 Å². The topological polar surface area (TPSA) is 36.9 Å². The summed E-state index contributed by atoms with van der Waals surface area (Å²) in [5, 5.41) is 4.36. The van der Waals surface area contributed by atoms with Crippen molar-refractivity contribution in [3.63, 3.8) is 0 Å². The van der Waals surface area contributed by atoms with Crippen molar-refractivity contribution in [2.75, 3.05) is 40.4 Å². The lowest BCUT2D eigenvalue weighted by Crippen LogP contribution is -2.44. The molecular weight excluding hydrogens is 310 g/mol. The summed E-state index contributed by atoms with van der Waals surface area (Å²) in [4.78, 5) is 6.66. The first-order valence-corrected chi connectivity index (χ1v) is 8.76. The minimum atomic E-state index is 0.248. The zero-order valence-electron chi connectivity index (χ0n) is 14.0. The van der Waals surface area contributed by atoms with E-state index in [0.717, 1.165) is 43.7 Å². The summed E-state index contributed by atoms with van der Waals surface area (Å²) in [6, 6.07) is 8.27. The molecule has 5 heteroatoms. The predicted molar refractivity (Wildman–Crippen MR) is 95.3 cm³/mol. The van der Waals surface area contributed by atoms with Gasteiger partial charge < -0.3 is 15.0 Å². The molecule has 1 aromatic carbocycles. The molecule has 126 valence electrons. The van der Waals surface area contributed by atoms with Crippen LogP contribution >= 0.6 is 11.6 Å². The molecule has 1 saturated carbocycles. The van der Waals surface area contributed by atoms with Gasteiger partial charge in [0.25, 0.3) is 0 Å². The molecule has 1 atom stereocenters. The highest BCUT2D eigenvalue weighted by molar-refractivity contribution is 6.30. The Morgan fingerprint density at radius 2 is 2.13 bits per heavy atom.